The fourth-order valence-corrected chi connectivity index (χ4v) is 2.78. The molecule has 0 bridgehead atoms. The van der Waals surface area contributed by atoms with Gasteiger partial charge in [0.05, 0.1) is 5.56 Å². The molecule has 0 radical (unpaired) electrons. The van der Waals surface area contributed by atoms with Gasteiger partial charge in [-0.1, -0.05) is 12.2 Å². The lowest BCUT2D eigenvalue weighted by Gasteiger charge is -2.21. The maximum Gasteiger partial charge on any atom is 0.433 e. The molecule has 2 saturated carbocycles. The van der Waals surface area contributed by atoms with Crippen molar-refractivity contribution in [1.82, 2.24) is 4.98 Å². The van der Waals surface area contributed by atoms with E-state index in [9.17, 15) is 13.2 Å². The summed E-state index contributed by atoms with van der Waals surface area (Å²) in [7, 11) is 0. The van der Waals surface area contributed by atoms with Gasteiger partial charge in [-0.2, -0.15) is 13.2 Å². The number of rotatable bonds is 5. The van der Waals surface area contributed by atoms with Crippen LogP contribution < -0.4 is 11.1 Å². The van der Waals surface area contributed by atoms with Crippen LogP contribution in [0.2, 0.25) is 0 Å². The molecule has 2 aliphatic carbocycles. The lowest BCUT2D eigenvalue weighted by Crippen LogP contribution is -2.27. The number of hydrogen-bond donors (Lipinski definition) is 2. The standard InChI is InChI=1S/C14H16F3N3S/c15-14(16,17)10-6-5-9(12(18)21)13(19-10)20-11(7-1-2-7)8-3-4-8/h5-8,11H,1-4H2,(H2,18,21)(H,19,20). The van der Waals surface area contributed by atoms with Gasteiger partial charge in [-0.15, -0.1) is 0 Å². The predicted molar refractivity (Wildman–Crippen MR) is 78.0 cm³/mol. The highest BCUT2D eigenvalue weighted by Gasteiger charge is 2.42. The Kier molecular flexibility index (Phi) is 3.55. The summed E-state index contributed by atoms with van der Waals surface area (Å²) in [5.74, 6) is 1.24. The van der Waals surface area contributed by atoms with Crippen molar-refractivity contribution in [1.29, 1.82) is 0 Å². The quantitative estimate of drug-likeness (QED) is 0.818. The third kappa shape index (κ3) is 3.28. The molecule has 1 heterocycles. The zero-order valence-electron chi connectivity index (χ0n) is 11.3. The van der Waals surface area contributed by atoms with E-state index in [2.05, 4.69) is 10.3 Å². The molecule has 0 saturated heterocycles. The number of nitrogens with one attached hydrogen (secondary N) is 1. The maximum atomic E-state index is 12.8. The summed E-state index contributed by atoms with van der Waals surface area (Å²) in [5, 5.41) is 3.19. The Morgan fingerprint density at radius 3 is 2.24 bits per heavy atom. The number of nitrogens with two attached hydrogens (primary N) is 1. The van der Waals surface area contributed by atoms with Crippen LogP contribution in [0.4, 0.5) is 19.0 Å². The summed E-state index contributed by atoms with van der Waals surface area (Å²) in [5.41, 5.74) is 5.06. The number of anilines is 1. The van der Waals surface area contributed by atoms with E-state index in [0.29, 0.717) is 17.4 Å². The summed E-state index contributed by atoms with van der Waals surface area (Å²) in [4.78, 5) is 3.78. The van der Waals surface area contributed by atoms with Crippen LogP contribution in [0.5, 0.6) is 0 Å². The maximum absolute atomic E-state index is 12.8. The largest absolute Gasteiger partial charge is 0.433 e. The van der Waals surface area contributed by atoms with Crippen molar-refractivity contribution in [3.8, 4) is 0 Å². The molecule has 3 N–H and O–H groups in total. The third-order valence-electron chi connectivity index (χ3n) is 4.01. The molecule has 2 aliphatic rings. The van der Waals surface area contributed by atoms with E-state index in [-0.39, 0.29) is 16.8 Å². The van der Waals surface area contributed by atoms with Crippen molar-refractivity contribution in [3.05, 3.63) is 23.4 Å². The SMILES string of the molecule is NC(=S)c1ccc(C(F)(F)F)nc1NC(C1CC1)C1CC1. The lowest BCUT2D eigenvalue weighted by molar-refractivity contribution is -0.141. The first-order valence-electron chi connectivity index (χ1n) is 7.01. The first kappa shape index (κ1) is 14.6. The summed E-state index contributed by atoms with van der Waals surface area (Å²) >= 11 is 4.92. The molecule has 0 spiro atoms. The van der Waals surface area contributed by atoms with Crippen LogP contribution in [-0.4, -0.2) is 16.0 Å². The Hall–Kier alpha value is -1.37. The topological polar surface area (TPSA) is 50.9 Å². The van der Waals surface area contributed by atoms with Gasteiger partial charge in [0.1, 0.15) is 16.5 Å². The van der Waals surface area contributed by atoms with E-state index >= 15 is 0 Å². The van der Waals surface area contributed by atoms with Gasteiger partial charge in [-0.25, -0.2) is 4.98 Å². The van der Waals surface area contributed by atoms with Gasteiger partial charge >= 0.3 is 6.18 Å². The number of nitrogens with zero attached hydrogens (tertiary/aromatic N) is 1. The molecule has 0 amide bonds. The predicted octanol–water partition coefficient (Wildman–Crippen LogP) is 3.34. The minimum atomic E-state index is -4.47. The Balaban J connectivity index is 1.91. The second kappa shape index (κ2) is 5.12. The zero-order chi connectivity index (χ0) is 15.2. The Bertz CT molecular complexity index is 553. The molecule has 21 heavy (non-hydrogen) atoms. The number of thiocarbonyl (C=S) groups is 1. The van der Waals surface area contributed by atoms with Gasteiger partial charge in [0.15, 0.2) is 0 Å². The number of pyridine rings is 1. The molecule has 0 atom stereocenters. The van der Waals surface area contributed by atoms with Crippen LogP contribution >= 0.6 is 12.2 Å². The summed E-state index contributed by atoms with van der Waals surface area (Å²) < 4.78 is 38.5. The summed E-state index contributed by atoms with van der Waals surface area (Å²) in [6.45, 7) is 0. The Morgan fingerprint density at radius 1 is 1.24 bits per heavy atom. The molecule has 3 rings (SSSR count). The van der Waals surface area contributed by atoms with Crippen molar-refractivity contribution in [2.75, 3.05) is 5.32 Å². The van der Waals surface area contributed by atoms with Crippen LogP contribution in [-0.2, 0) is 6.18 Å². The van der Waals surface area contributed by atoms with E-state index < -0.39 is 11.9 Å². The van der Waals surface area contributed by atoms with Crippen LogP contribution in [0.15, 0.2) is 12.1 Å². The average molecular weight is 315 g/mol. The van der Waals surface area contributed by atoms with E-state index in [1.807, 2.05) is 0 Å². The van der Waals surface area contributed by atoms with Gasteiger partial charge in [-0.3, -0.25) is 0 Å². The highest BCUT2D eigenvalue weighted by molar-refractivity contribution is 7.80. The van der Waals surface area contributed by atoms with Gasteiger partial charge in [0.2, 0.25) is 0 Å². The van der Waals surface area contributed by atoms with Crippen LogP contribution in [0.1, 0.15) is 36.9 Å². The minimum absolute atomic E-state index is 0.0593. The molecule has 0 unspecified atom stereocenters. The average Bonchev–Trinajstić information content (AvgIpc) is 3.26. The highest BCUT2D eigenvalue weighted by atomic mass is 32.1. The summed E-state index contributed by atoms with van der Waals surface area (Å²) in [6, 6.07) is 2.41. The second-order valence-electron chi connectivity index (χ2n) is 5.80. The van der Waals surface area contributed by atoms with Gasteiger partial charge in [0.25, 0.3) is 0 Å². The van der Waals surface area contributed by atoms with Crippen LogP contribution in [0.3, 0.4) is 0 Å². The van der Waals surface area contributed by atoms with Crippen LogP contribution in [0.25, 0.3) is 0 Å². The molecule has 1 aromatic rings. The number of alkyl halides is 3. The number of hydrogen-bond acceptors (Lipinski definition) is 3. The minimum Gasteiger partial charge on any atom is -0.389 e. The first-order chi connectivity index (χ1) is 9.86. The monoisotopic (exact) mass is 315 g/mol. The number of aromatic nitrogens is 1. The van der Waals surface area contributed by atoms with Crippen molar-refractivity contribution < 1.29 is 13.2 Å². The fourth-order valence-electron chi connectivity index (χ4n) is 2.62. The lowest BCUT2D eigenvalue weighted by atomic mass is 10.1. The molecule has 3 nitrogen and oxygen atoms in total. The smallest absolute Gasteiger partial charge is 0.389 e. The molecule has 0 aliphatic heterocycles. The molecular formula is C14H16F3N3S. The van der Waals surface area contributed by atoms with Crippen LogP contribution in [0, 0.1) is 11.8 Å². The van der Waals surface area contributed by atoms with Crippen molar-refractivity contribution >= 4 is 23.0 Å². The second-order valence-corrected chi connectivity index (χ2v) is 6.24. The molecular weight excluding hydrogens is 299 g/mol. The van der Waals surface area contributed by atoms with E-state index in [1.54, 1.807) is 0 Å². The molecule has 1 aromatic heterocycles. The van der Waals surface area contributed by atoms with Crippen molar-refractivity contribution in [2.24, 2.45) is 17.6 Å². The molecule has 0 aromatic carbocycles. The Morgan fingerprint density at radius 2 is 1.81 bits per heavy atom. The Labute approximate surface area is 126 Å². The normalized spacial score (nSPS) is 18.9. The fraction of sp³-hybridized carbons (Fsp3) is 0.571. The molecule has 2 fully saturated rings. The van der Waals surface area contributed by atoms with E-state index in [4.69, 9.17) is 18.0 Å². The summed E-state index contributed by atoms with van der Waals surface area (Å²) in [6.07, 6.45) is 0.00989. The first-order valence-corrected chi connectivity index (χ1v) is 7.41. The zero-order valence-corrected chi connectivity index (χ0v) is 12.1. The number of halogens is 3. The van der Waals surface area contributed by atoms with E-state index in [1.165, 1.54) is 6.07 Å². The van der Waals surface area contributed by atoms with Crippen molar-refractivity contribution in [2.45, 2.75) is 37.9 Å². The van der Waals surface area contributed by atoms with Crippen molar-refractivity contribution in [3.63, 3.8) is 0 Å². The van der Waals surface area contributed by atoms with E-state index in [0.717, 1.165) is 31.7 Å². The third-order valence-corrected chi connectivity index (χ3v) is 4.23. The highest BCUT2D eigenvalue weighted by Crippen LogP contribution is 2.46. The van der Waals surface area contributed by atoms with Gasteiger partial charge < -0.3 is 11.1 Å². The molecule has 114 valence electrons. The van der Waals surface area contributed by atoms with Gasteiger partial charge in [-0.05, 0) is 49.7 Å². The molecule has 7 heteroatoms. The van der Waals surface area contributed by atoms with Gasteiger partial charge in [0, 0.05) is 6.04 Å².